The average Bonchev–Trinajstić information content (AvgIpc) is 4.16. The second kappa shape index (κ2) is 14.9. The lowest BCUT2D eigenvalue weighted by Gasteiger charge is -2.16. The molecule has 7 heteroatoms. The lowest BCUT2D eigenvalue weighted by atomic mass is 10.0. The molecule has 5 aromatic heterocycles. The molecule has 9 aromatic carbocycles. The Bertz CT molecular complexity index is 4450. The van der Waals surface area contributed by atoms with E-state index >= 15 is 0 Å². The number of hydrogen-bond donors (Lipinski definition) is 0. The maximum atomic E-state index is 9.03. The van der Waals surface area contributed by atoms with Gasteiger partial charge in [0.05, 0.1) is 56.4 Å². The van der Waals surface area contributed by atoms with Crippen molar-refractivity contribution in [2.45, 2.75) is 6.85 Å². The minimum absolute atomic E-state index is 0.189. The number of furan rings is 1. The number of para-hydroxylation sites is 6. The van der Waals surface area contributed by atoms with E-state index in [-0.39, 0.29) is 5.56 Å². The second-order valence-corrected chi connectivity index (χ2v) is 17.1. The van der Waals surface area contributed by atoms with E-state index in [0.717, 1.165) is 99.1 Å². The molecule has 14 rings (SSSR count). The molecular weight excluding hydrogens is 835 g/mol. The van der Waals surface area contributed by atoms with Crippen molar-refractivity contribution < 1.29 is 17.8 Å². The van der Waals surface area contributed by atoms with Gasteiger partial charge in [0.25, 0.3) is 6.33 Å². The van der Waals surface area contributed by atoms with Crippen molar-refractivity contribution in [2.75, 3.05) is 0 Å². The van der Waals surface area contributed by atoms with Gasteiger partial charge in [-0.05, 0) is 90.8 Å². The molecule has 0 unspecified atom stereocenters. The highest BCUT2D eigenvalue weighted by molar-refractivity contribution is 6.14. The summed E-state index contributed by atoms with van der Waals surface area (Å²) in [5.74, 6) is 1.74. The summed E-state index contributed by atoms with van der Waals surface area (Å²) in [6.45, 7) is -2.49. The SMILES string of the molecule is [2H]C([2H])([2H])c1cc(-n2c3ccccc3c3ccc(Oc4cccc(-n5[c-][n+](-c6ccc7oc8ccccc8c7c6)c6ccccc65)c4)cc32)ncc1-n1c2ccccc2c2cccc(-c3ccccc3)c21. The summed E-state index contributed by atoms with van der Waals surface area (Å²) in [5, 5.41) is 6.17. The molecule has 0 fully saturated rings. The van der Waals surface area contributed by atoms with Gasteiger partial charge in [-0.1, -0.05) is 133 Å². The zero-order valence-corrected chi connectivity index (χ0v) is 36.3. The fraction of sp³-hybridized carbons (Fsp3) is 0.0164. The van der Waals surface area contributed by atoms with Crippen molar-refractivity contribution in [3.05, 3.63) is 230 Å². The Labute approximate surface area is 394 Å². The van der Waals surface area contributed by atoms with Gasteiger partial charge in [-0.15, -0.1) is 0 Å². The van der Waals surface area contributed by atoms with Crippen LogP contribution < -0.4 is 9.30 Å². The largest absolute Gasteiger partial charge is 0.458 e. The number of benzene rings is 9. The summed E-state index contributed by atoms with van der Waals surface area (Å²) in [6.07, 6.45) is 5.36. The third-order valence-corrected chi connectivity index (χ3v) is 13.3. The van der Waals surface area contributed by atoms with Crippen LogP contribution in [0.3, 0.4) is 0 Å². The van der Waals surface area contributed by atoms with Gasteiger partial charge < -0.3 is 13.7 Å². The molecule has 0 amide bonds. The van der Waals surface area contributed by atoms with E-state index in [9.17, 15) is 0 Å². The van der Waals surface area contributed by atoms with Crippen LogP contribution in [0.1, 0.15) is 9.68 Å². The molecule has 0 atom stereocenters. The topological polar surface area (TPSA) is 53.9 Å². The Morgan fingerprint density at radius 3 is 2.09 bits per heavy atom. The van der Waals surface area contributed by atoms with Gasteiger partial charge in [-0.3, -0.25) is 13.7 Å². The first-order valence-electron chi connectivity index (χ1n) is 24.1. The van der Waals surface area contributed by atoms with E-state index in [1.807, 2.05) is 132 Å². The first-order chi connectivity index (χ1) is 34.8. The molecule has 0 radical (unpaired) electrons. The molecule has 0 saturated heterocycles. The Hall–Kier alpha value is -9.20. The fourth-order valence-corrected chi connectivity index (χ4v) is 10.2. The zero-order valence-electron chi connectivity index (χ0n) is 39.3. The molecule has 0 bridgehead atoms. The van der Waals surface area contributed by atoms with Gasteiger partial charge in [0.1, 0.15) is 28.5 Å². The quantitative estimate of drug-likeness (QED) is 0.118. The number of nitrogens with zero attached hydrogens (tertiary/aromatic N) is 5. The Balaban J connectivity index is 0.876. The molecule has 7 nitrogen and oxygen atoms in total. The number of pyridine rings is 1. The summed E-state index contributed by atoms with van der Waals surface area (Å²) in [4.78, 5) is 5.14. The van der Waals surface area contributed by atoms with Crippen LogP contribution in [0.15, 0.2) is 223 Å². The molecule has 14 aromatic rings. The number of rotatable bonds is 7. The molecule has 320 valence electrons. The Kier molecular flexibility index (Phi) is 7.70. The molecule has 5 heterocycles. The van der Waals surface area contributed by atoms with E-state index in [4.69, 9.17) is 18.3 Å². The number of aryl methyl sites for hydroxylation is 1. The highest BCUT2D eigenvalue weighted by atomic mass is 16.5. The number of hydrogen-bond acceptors (Lipinski definition) is 3. The fourth-order valence-electron chi connectivity index (χ4n) is 10.2. The molecule has 0 spiro atoms. The van der Waals surface area contributed by atoms with Gasteiger partial charge >= 0.3 is 0 Å². The van der Waals surface area contributed by atoms with Crippen LogP contribution in [0.25, 0.3) is 111 Å². The first-order valence-corrected chi connectivity index (χ1v) is 22.6. The summed E-state index contributed by atoms with van der Waals surface area (Å²) < 4.78 is 48.2. The number of aromatic nitrogens is 5. The summed E-state index contributed by atoms with van der Waals surface area (Å²) >= 11 is 0. The van der Waals surface area contributed by atoms with Crippen LogP contribution in [0.2, 0.25) is 0 Å². The smallest absolute Gasteiger partial charge is 0.269 e. The van der Waals surface area contributed by atoms with E-state index in [1.54, 1.807) is 12.3 Å². The third-order valence-electron chi connectivity index (χ3n) is 13.3. The Morgan fingerprint density at radius 1 is 0.529 bits per heavy atom. The average molecular weight is 877 g/mol. The van der Waals surface area contributed by atoms with Gasteiger partial charge in [-0.2, -0.15) is 0 Å². The van der Waals surface area contributed by atoms with Crippen LogP contribution in [0, 0.1) is 13.2 Å². The molecule has 0 aliphatic rings. The number of fused-ring (bicyclic) bond motifs is 10. The lowest BCUT2D eigenvalue weighted by molar-refractivity contribution is -0.572. The van der Waals surface area contributed by atoms with Crippen LogP contribution in [0.5, 0.6) is 11.5 Å². The van der Waals surface area contributed by atoms with E-state index in [1.165, 1.54) is 0 Å². The van der Waals surface area contributed by atoms with Gasteiger partial charge in [0, 0.05) is 48.1 Å². The second-order valence-electron chi connectivity index (χ2n) is 17.1. The number of ether oxygens (including phenoxy) is 1. The standard InChI is InChI=1S/C61H39N5O2/c1-39-33-60(62-37-57(39)66-53-25-9-6-20-47(53)50-23-14-22-45(61(50)66)40-15-3-2-4-16-40)65-52-24-8-5-19-46(52)48-31-30-44(36-56(48)65)67-43-18-13-17-41(34-43)63-38-64(55-27-11-10-26-54(55)63)42-29-32-59-51(35-42)49-21-7-12-28-58(49)68-59/h2-37H,1H3/i1D3. The summed E-state index contributed by atoms with van der Waals surface area (Å²) in [7, 11) is 0. The minimum Gasteiger partial charge on any atom is -0.458 e. The van der Waals surface area contributed by atoms with Gasteiger partial charge in [-0.25, -0.2) is 4.98 Å². The van der Waals surface area contributed by atoms with E-state index in [2.05, 4.69) is 98.9 Å². The normalized spacial score (nSPS) is 12.7. The molecule has 0 N–H and O–H groups in total. The lowest BCUT2D eigenvalue weighted by Crippen LogP contribution is -2.29. The molecular formula is C61H39N5O2. The first kappa shape index (κ1) is 35.1. The maximum absolute atomic E-state index is 9.03. The van der Waals surface area contributed by atoms with Crippen LogP contribution in [-0.4, -0.2) is 18.7 Å². The van der Waals surface area contributed by atoms with E-state index < -0.39 is 6.85 Å². The van der Waals surface area contributed by atoms with Gasteiger partial charge in [0.2, 0.25) is 0 Å². The van der Waals surface area contributed by atoms with Crippen molar-refractivity contribution in [3.63, 3.8) is 0 Å². The monoisotopic (exact) mass is 876 g/mol. The van der Waals surface area contributed by atoms with Crippen LogP contribution in [0.4, 0.5) is 0 Å². The molecule has 68 heavy (non-hydrogen) atoms. The molecule has 0 aliphatic heterocycles. The summed E-state index contributed by atoms with van der Waals surface area (Å²) in [6, 6.07) is 71.2. The van der Waals surface area contributed by atoms with Crippen molar-refractivity contribution in [1.29, 1.82) is 0 Å². The van der Waals surface area contributed by atoms with Crippen molar-refractivity contribution in [3.8, 4) is 45.5 Å². The van der Waals surface area contributed by atoms with Crippen LogP contribution in [-0.2, 0) is 0 Å². The van der Waals surface area contributed by atoms with Crippen molar-refractivity contribution >= 4 is 76.6 Å². The Morgan fingerprint density at radius 2 is 1.22 bits per heavy atom. The third kappa shape index (κ3) is 5.85. The molecule has 0 aliphatic carbocycles. The van der Waals surface area contributed by atoms with Gasteiger partial charge in [0.15, 0.2) is 0 Å². The van der Waals surface area contributed by atoms with Crippen molar-refractivity contribution in [1.82, 2.24) is 18.7 Å². The minimum atomic E-state index is -2.49. The predicted octanol–water partition coefficient (Wildman–Crippen LogP) is 15.0. The van der Waals surface area contributed by atoms with Crippen LogP contribution >= 0.6 is 0 Å². The predicted molar refractivity (Wildman–Crippen MR) is 274 cm³/mol. The van der Waals surface area contributed by atoms with E-state index in [0.29, 0.717) is 23.0 Å². The number of imidazole rings is 1. The highest BCUT2D eigenvalue weighted by Gasteiger charge is 2.21. The van der Waals surface area contributed by atoms with Crippen molar-refractivity contribution in [2.24, 2.45) is 0 Å². The maximum Gasteiger partial charge on any atom is 0.269 e. The zero-order chi connectivity index (χ0) is 47.4. The summed E-state index contributed by atoms with van der Waals surface area (Å²) in [5.41, 5.74) is 11.8. The molecule has 0 saturated carbocycles. The highest BCUT2D eigenvalue weighted by Crippen LogP contribution is 2.40.